The number of hydrogen-bond donors (Lipinski definition) is 1. The molecule has 5 heteroatoms. The van der Waals surface area contributed by atoms with E-state index in [2.05, 4.69) is 29.4 Å². The van der Waals surface area contributed by atoms with E-state index in [1.807, 2.05) is 54.2 Å². The number of piperidine rings is 1. The average molecular weight is 392 g/mol. The fourth-order valence-corrected chi connectivity index (χ4v) is 4.62. The number of carbonyl (C=O) groups excluding carboxylic acids is 1. The molecule has 0 radical (unpaired) electrons. The molecule has 1 aromatic heterocycles. The molecule has 2 heterocycles. The molecule has 0 aliphatic carbocycles. The van der Waals surface area contributed by atoms with Crippen LogP contribution in [0.3, 0.4) is 0 Å². The molecule has 2 unspecified atom stereocenters. The molecule has 0 bridgehead atoms. The van der Waals surface area contributed by atoms with E-state index in [0.717, 1.165) is 41.6 Å². The molecule has 2 aromatic carbocycles. The Morgan fingerprint density at radius 2 is 1.93 bits per heavy atom. The molecule has 152 valence electrons. The summed E-state index contributed by atoms with van der Waals surface area (Å²) in [4.78, 5) is 15.4. The van der Waals surface area contributed by atoms with Crippen LogP contribution in [0.15, 0.2) is 54.7 Å². The summed E-state index contributed by atoms with van der Waals surface area (Å²) in [5.41, 5.74) is 3.09. The summed E-state index contributed by atoms with van der Waals surface area (Å²) in [7, 11) is 5.86. The minimum Gasteiger partial charge on any atom is -0.497 e. The van der Waals surface area contributed by atoms with Gasteiger partial charge in [0.15, 0.2) is 0 Å². The predicted octanol–water partition coefficient (Wildman–Crippen LogP) is 4.00. The third-order valence-electron chi connectivity index (χ3n) is 6.16. The Morgan fingerprint density at radius 3 is 2.69 bits per heavy atom. The fraction of sp³-hybridized carbons (Fsp3) is 0.375. The van der Waals surface area contributed by atoms with E-state index in [1.165, 1.54) is 5.56 Å². The van der Waals surface area contributed by atoms with Crippen molar-refractivity contribution in [1.29, 1.82) is 0 Å². The van der Waals surface area contributed by atoms with Crippen LogP contribution in [0.4, 0.5) is 0 Å². The minimum absolute atomic E-state index is 0.00325. The number of nitrogens with one attached hydrogen (secondary N) is 1. The number of hydrogen-bond acceptors (Lipinski definition) is 3. The van der Waals surface area contributed by atoms with Crippen LogP contribution in [0.1, 0.15) is 34.8 Å². The molecule has 1 amide bonds. The zero-order valence-electron chi connectivity index (χ0n) is 17.4. The lowest BCUT2D eigenvalue weighted by atomic mass is 9.84. The zero-order valence-corrected chi connectivity index (χ0v) is 17.4. The third-order valence-corrected chi connectivity index (χ3v) is 6.16. The standard InChI is InChI=1S/C24H29N3O2/c1-26-15-13-20-21(7-4-8-22(20)26)24(28)25-16-18-6-5-14-27(2)23(18)17-9-11-19(29-3)12-10-17/h4,7-13,15,18,23H,5-6,14,16H2,1-3H3,(H,25,28). The Bertz CT molecular complexity index is 993. The van der Waals surface area contributed by atoms with E-state index in [0.29, 0.717) is 18.5 Å². The first-order valence-electron chi connectivity index (χ1n) is 10.2. The van der Waals surface area contributed by atoms with Crippen LogP contribution in [0, 0.1) is 5.92 Å². The summed E-state index contributed by atoms with van der Waals surface area (Å²) in [6, 6.07) is 16.5. The lowest BCUT2D eigenvalue weighted by Gasteiger charge is -2.39. The van der Waals surface area contributed by atoms with Crippen LogP contribution in [-0.4, -0.2) is 42.6 Å². The van der Waals surface area contributed by atoms with Crippen LogP contribution < -0.4 is 10.1 Å². The molecule has 1 aliphatic rings. The first-order chi connectivity index (χ1) is 14.1. The summed E-state index contributed by atoms with van der Waals surface area (Å²) in [5, 5.41) is 4.21. The smallest absolute Gasteiger partial charge is 0.251 e. The largest absolute Gasteiger partial charge is 0.497 e. The van der Waals surface area contributed by atoms with Crippen molar-refractivity contribution in [2.24, 2.45) is 13.0 Å². The van der Waals surface area contributed by atoms with Gasteiger partial charge in [-0.05, 0) is 68.2 Å². The molecule has 1 N–H and O–H groups in total. The monoisotopic (exact) mass is 391 g/mol. The van der Waals surface area contributed by atoms with Crippen LogP contribution >= 0.6 is 0 Å². The molecule has 1 fully saturated rings. The van der Waals surface area contributed by atoms with Gasteiger partial charge in [0.05, 0.1) is 7.11 Å². The van der Waals surface area contributed by atoms with E-state index < -0.39 is 0 Å². The van der Waals surface area contributed by atoms with Gasteiger partial charge in [0.2, 0.25) is 0 Å². The zero-order chi connectivity index (χ0) is 20.4. The number of carbonyl (C=O) groups is 1. The lowest BCUT2D eigenvalue weighted by molar-refractivity contribution is 0.0893. The second kappa shape index (κ2) is 8.29. The third kappa shape index (κ3) is 3.87. The number of methoxy groups -OCH3 is 1. The van der Waals surface area contributed by atoms with E-state index in [-0.39, 0.29) is 5.91 Å². The molecular formula is C24H29N3O2. The summed E-state index contributed by atoms with van der Waals surface area (Å²) in [6.45, 7) is 1.74. The van der Waals surface area contributed by atoms with E-state index in [1.54, 1.807) is 7.11 Å². The maximum absolute atomic E-state index is 13.0. The Morgan fingerprint density at radius 1 is 1.14 bits per heavy atom. The van der Waals surface area contributed by atoms with Gasteiger partial charge in [-0.3, -0.25) is 9.69 Å². The number of nitrogens with zero attached hydrogens (tertiary/aromatic N) is 2. The van der Waals surface area contributed by atoms with Crippen molar-refractivity contribution in [3.63, 3.8) is 0 Å². The van der Waals surface area contributed by atoms with Gasteiger partial charge in [-0.15, -0.1) is 0 Å². The first-order valence-corrected chi connectivity index (χ1v) is 10.2. The molecule has 1 saturated heterocycles. The topological polar surface area (TPSA) is 46.5 Å². The molecule has 3 aromatic rings. The lowest BCUT2D eigenvalue weighted by Crippen LogP contribution is -2.41. The van der Waals surface area contributed by atoms with E-state index >= 15 is 0 Å². The Labute approximate surface area is 172 Å². The number of fused-ring (bicyclic) bond motifs is 1. The fourth-order valence-electron chi connectivity index (χ4n) is 4.62. The quantitative estimate of drug-likeness (QED) is 0.715. The number of likely N-dealkylation sites (tertiary alicyclic amines) is 1. The van der Waals surface area contributed by atoms with Crippen LogP contribution in [-0.2, 0) is 7.05 Å². The number of benzene rings is 2. The normalized spacial score (nSPS) is 20.0. The number of amides is 1. The maximum atomic E-state index is 13.0. The highest BCUT2D eigenvalue weighted by atomic mass is 16.5. The number of rotatable bonds is 5. The summed E-state index contributed by atoms with van der Waals surface area (Å²) in [5.74, 6) is 1.25. The molecule has 0 saturated carbocycles. The van der Waals surface area contributed by atoms with Gasteiger partial charge in [-0.2, -0.15) is 0 Å². The maximum Gasteiger partial charge on any atom is 0.251 e. The van der Waals surface area contributed by atoms with Gasteiger partial charge < -0.3 is 14.6 Å². The molecular weight excluding hydrogens is 362 g/mol. The molecule has 29 heavy (non-hydrogen) atoms. The average Bonchev–Trinajstić information content (AvgIpc) is 3.13. The van der Waals surface area contributed by atoms with Crippen LogP contribution in [0.2, 0.25) is 0 Å². The Hall–Kier alpha value is -2.79. The van der Waals surface area contributed by atoms with Crippen molar-refractivity contribution in [2.75, 3.05) is 27.2 Å². The molecule has 0 spiro atoms. The Balaban J connectivity index is 1.51. The van der Waals surface area contributed by atoms with E-state index in [9.17, 15) is 4.79 Å². The van der Waals surface area contributed by atoms with Gasteiger partial charge in [-0.1, -0.05) is 18.2 Å². The summed E-state index contributed by atoms with van der Waals surface area (Å²) >= 11 is 0. The van der Waals surface area contributed by atoms with Gasteiger partial charge in [0.25, 0.3) is 5.91 Å². The van der Waals surface area contributed by atoms with Crippen molar-refractivity contribution < 1.29 is 9.53 Å². The molecule has 5 nitrogen and oxygen atoms in total. The van der Waals surface area contributed by atoms with Crippen molar-refractivity contribution in [2.45, 2.75) is 18.9 Å². The minimum atomic E-state index is 0.00325. The molecule has 4 rings (SSSR count). The SMILES string of the molecule is COc1ccc(C2C(CNC(=O)c3cccc4c3ccn4C)CCCN2C)cc1. The van der Waals surface area contributed by atoms with Crippen molar-refractivity contribution in [3.05, 3.63) is 65.9 Å². The Kier molecular flexibility index (Phi) is 5.58. The molecule has 2 atom stereocenters. The molecule has 1 aliphatic heterocycles. The van der Waals surface area contributed by atoms with E-state index in [4.69, 9.17) is 4.74 Å². The first kappa shape index (κ1) is 19.5. The van der Waals surface area contributed by atoms with Crippen molar-refractivity contribution >= 4 is 16.8 Å². The highest BCUT2D eigenvalue weighted by Gasteiger charge is 2.31. The number of aromatic nitrogens is 1. The van der Waals surface area contributed by atoms with Gasteiger partial charge in [0, 0.05) is 42.3 Å². The van der Waals surface area contributed by atoms with Gasteiger partial charge >= 0.3 is 0 Å². The number of aryl methyl sites for hydroxylation is 1. The summed E-state index contributed by atoms with van der Waals surface area (Å²) in [6.07, 6.45) is 4.26. The second-order valence-corrected chi connectivity index (χ2v) is 7.98. The van der Waals surface area contributed by atoms with Crippen molar-refractivity contribution in [1.82, 2.24) is 14.8 Å². The van der Waals surface area contributed by atoms with Crippen LogP contribution in [0.25, 0.3) is 10.9 Å². The summed E-state index contributed by atoms with van der Waals surface area (Å²) < 4.78 is 7.35. The predicted molar refractivity (Wildman–Crippen MR) is 116 cm³/mol. The number of ether oxygens (including phenoxy) is 1. The highest BCUT2D eigenvalue weighted by Crippen LogP contribution is 2.35. The highest BCUT2D eigenvalue weighted by molar-refractivity contribution is 6.06. The van der Waals surface area contributed by atoms with Gasteiger partial charge in [-0.25, -0.2) is 0 Å². The van der Waals surface area contributed by atoms with Crippen LogP contribution in [0.5, 0.6) is 5.75 Å². The second-order valence-electron chi connectivity index (χ2n) is 7.98. The van der Waals surface area contributed by atoms with Gasteiger partial charge in [0.1, 0.15) is 5.75 Å². The van der Waals surface area contributed by atoms with Crippen molar-refractivity contribution in [3.8, 4) is 5.75 Å².